The van der Waals surface area contributed by atoms with Crippen molar-refractivity contribution in [2.45, 2.75) is 37.8 Å². The number of likely N-dealkylation sites (tertiary alicyclic amines) is 2. The monoisotopic (exact) mass is 340 g/mol. The van der Waals surface area contributed by atoms with Gasteiger partial charge in [-0.25, -0.2) is 4.98 Å². The Balaban J connectivity index is 1.74. The molecule has 132 valence electrons. The Hall–Kier alpha value is -2.28. The molecule has 7 nitrogen and oxygen atoms in total. The van der Waals surface area contributed by atoms with Crippen LogP contribution in [0.25, 0.3) is 0 Å². The molecule has 0 saturated carbocycles. The molecule has 0 N–H and O–H groups in total. The van der Waals surface area contributed by atoms with Crippen LogP contribution < -0.4 is 0 Å². The first kappa shape index (κ1) is 16.2. The van der Waals surface area contributed by atoms with Gasteiger partial charge in [0.15, 0.2) is 0 Å². The normalized spacial score (nSPS) is 24.1. The molecule has 0 aliphatic carbocycles. The van der Waals surface area contributed by atoms with Gasteiger partial charge < -0.3 is 9.47 Å². The number of carbonyl (C=O) groups is 1. The van der Waals surface area contributed by atoms with E-state index >= 15 is 0 Å². The summed E-state index contributed by atoms with van der Waals surface area (Å²) in [5.41, 5.74) is 1.17. The van der Waals surface area contributed by atoms with Gasteiger partial charge in [-0.15, -0.1) is 0 Å². The van der Waals surface area contributed by atoms with E-state index in [9.17, 15) is 4.79 Å². The zero-order chi connectivity index (χ0) is 17.3. The highest BCUT2D eigenvalue weighted by Gasteiger charge is 2.52. The van der Waals surface area contributed by atoms with Crippen molar-refractivity contribution < 1.29 is 4.79 Å². The molecular weight excluding hydrogens is 316 g/mol. The Kier molecular flexibility index (Phi) is 4.25. The number of amides is 1. The Morgan fingerprint density at radius 3 is 2.64 bits per heavy atom. The molecule has 2 aliphatic rings. The van der Waals surface area contributed by atoms with Crippen molar-refractivity contribution in [2.75, 3.05) is 19.6 Å². The van der Waals surface area contributed by atoms with Crippen molar-refractivity contribution >= 4 is 5.91 Å². The fourth-order valence-electron chi connectivity index (χ4n) is 4.16. The summed E-state index contributed by atoms with van der Waals surface area (Å²) < 4.78 is 2.01. The molecule has 1 atom stereocenters. The maximum atomic E-state index is 13.6. The van der Waals surface area contributed by atoms with Gasteiger partial charge in [0.1, 0.15) is 5.54 Å². The standard InChI is InChI=1S/C18H24N6O/c1-22-14-20-11-15(22)13-24-10-4-5-18(24,16-12-19-6-7-21-16)17(25)23-8-2-3-9-23/h6-7,11-12,14H,2-5,8-10,13H2,1H3/t18-/m1/s1. The van der Waals surface area contributed by atoms with Crippen LogP contribution >= 0.6 is 0 Å². The van der Waals surface area contributed by atoms with Crippen LogP contribution in [0.4, 0.5) is 0 Å². The number of hydrogen-bond donors (Lipinski definition) is 0. The molecule has 4 heterocycles. The number of carbonyl (C=O) groups excluding carboxylic acids is 1. The number of aromatic nitrogens is 4. The minimum Gasteiger partial charge on any atom is -0.341 e. The molecule has 7 heteroatoms. The SMILES string of the molecule is Cn1cncc1CN1CCC[C@]1(C(=O)N1CCCC1)c1cnccn1. The molecule has 0 radical (unpaired) electrons. The van der Waals surface area contributed by atoms with Crippen molar-refractivity contribution in [2.24, 2.45) is 7.05 Å². The molecule has 2 fully saturated rings. The summed E-state index contributed by atoms with van der Waals surface area (Å²) in [5, 5.41) is 0. The summed E-state index contributed by atoms with van der Waals surface area (Å²) in [6, 6.07) is 0. The largest absolute Gasteiger partial charge is 0.341 e. The lowest BCUT2D eigenvalue weighted by atomic mass is 9.90. The lowest BCUT2D eigenvalue weighted by Crippen LogP contribution is -2.54. The van der Waals surface area contributed by atoms with Gasteiger partial charge in [0.2, 0.25) is 5.91 Å². The maximum absolute atomic E-state index is 13.6. The lowest BCUT2D eigenvalue weighted by molar-refractivity contribution is -0.143. The molecule has 0 aromatic carbocycles. The first-order chi connectivity index (χ1) is 12.2. The average molecular weight is 340 g/mol. The minimum absolute atomic E-state index is 0.185. The van der Waals surface area contributed by atoms with Gasteiger partial charge in [-0.2, -0.15) is 0 Å². The average Bonchev–Trinajstić information content (AvgIpc) is 3.38. The van der Waals surface area contributed by atoms with E-state index in [0.29, 0.717) is 6.54 Å². The second-order valence-electron chi connectivity index (χ2n) is 6.97. The summed E-state index contributed by atoms with van der Waals surface area (Å²) in [4.78, 5) is 30.9. The van der Waals surface area contributed by atoms with Crippen LogP contribution in [0.3, 0.4) is 0 Å². The van der Waals surface area contributed by atoms with Crippen molar-refractivity contribution in [1.29, 1.82) is 0 Å². The highest BCUT2D eigenvalue weighted by Crippen LogP contribution is 2.41. The van der Waals surface area contributed by atoms with E-state index in [0.717, 1.165) is 56.7 Å². The smallest absolute Gasteiger partial charge is 0.249 e. The number of hydrogen-bond acceptors (Lipinski definition) is 5. The van der Waals surface area contributed by atoms with E-state index in [4.69, 9.17) is 0 Å². The predicted molar refractivity (Wildman–Crippen MR) is 92.4 cm³/mol. The molecular formula is C18H24N6O. The highest BCUT2D eigenvalue weighted by atomic mass is 16.2. The highest BCUT2D eigenvalue weighted by molar-refractivity contribution is 5.87. The summed E-state index contributed by atoms with van der Waals surface area (Å²) in [6.07, 6.45) is 12.7. The molecule has 0 unspecified atom stereocenters. The first-order valence-corrected chi connectivity index (χ1v) is 8.98. The van der Waals surface area contributed by atoms with Gasteiger partial charge in [-0.3, -0.25) is 19.7 Å². The fraction of sp³-hybridized carbons (Fsp3) is 0.556. The third kappa shape index (κ3) is 2.72. The second kappa shape index (κ2) is 6.55. The zero-order valence-corrected chi connectivity index (χ0v) is 14.6. The molecule has 2 aliphatic heterocycles. The molecule has 4 rings (SSSR count). The van der Waals surface area contributed by atoms with Crippen LogP contribution in [0.1, 0.15) is 37.1 Å². The van der Waals surface area contributed by atoms with E-state index in [2.05, 4.69) is 19.9 Å². The van der Waals surface area contributed by atoms with Crippen LogP contribution in [0.5, 0.6) is 0 Å². The number of nitrogens with zero attached hydrogens (tertiary/aromatic N) is 6. The minimum atomic E-state index is -0.705. The van der Waals surface area contributed by atoms with E-state index in [1.165, 1.54) is 0 Å². The molecule has 2 saturated heterocycles. The predicted octanol–water partition coefficient (Wildman–Crippen LogP) is 1.32. The van der Waals surface area contributed by atoms with Crippen LogP contribution in [-0.2, 0) is 23.9 Å². The van der Waals surface area contributed by atoms with E-state index in [1.807, 2.05) is 22.7 Å². The number of rotatable bonds is 4. The Labute approximate surface area is 147 Å². The van der Waals surface area contributed by atoms with Crippen LogP contribution in [0, 0.1) is 0 Å². The van der Waals surface area contributed by atoms with Gasteiger partial charge in [-0.1, -0.05) is 0 Å². The van der Waals surface area contributed by atoms with E-state index in [-0.39, 0.29) is 5.91 Å². The molecule has 2 aromatic heterocycles. The van der Waals surface area contributed by atoms with Crippen molar-refractivity contribution in [1.82, 2.24) is 29.3 Å². The van der Waals surface area contributed by atoms with Gasteiger partial charge in [-0.05, 0) is 25.7 Å². The van der Waals surface area contributed by atoms with Crippen LogP contribution in [0.2, 0.25) is 0 Å². The first-order valence-electron chi connectivity index (χ1n) is 8.98. The van der Waals surface area contributed by atoms with Gasteiger partial charge in [0.25, 0.3) is 0 Å². The summed E-state index contributed by atoms with van der Waals surface area (Å²) in [7, 11) is 1.99. The molecule has 2 aromatic rings. The van der Waals surface area contributed by atoms with Crippen LogP contribution in [-0.4, -0.2) is 54.9 Å². The third-order valence-corrected chi connectivity index (χ3v) is 5.51. The van der Waals surface area contributed by atoms with E-state index < -0.39 is 5.54 Å². The number of imidazole rings is 1. The molecule has 0 spiro atoms. The third-order valence-electron chi connectivity index (χ3n) is 5.51. The van der Waals surface area contributed by atoms with Gasteiger partial charge in [0, 0.05) is 51.8 Å². The summed E-state index contributed by atoms with van der Waals surface area (Å²) in [5.74, 6) is 0.185. The summed E-state index contributed by atoms with van der Waals surface area (Å²) >= 11 is 0. The topological polar surface area (TPSA) is 67.2 Å². The lowest BCUT2D eigenvalue weighted by Gasteiger charge is -2.39. The Morgan fingerprint density at radius 1 is 1.12 bits per heavy atom. The number of aryl methyl sites for hydroxylation is 1. The van der Waals surface area contributed by atoms with Gasteiger partial charge >= 0.3 is 0 Å². The Bertz CT molecular complexity index is 739. The van der Waals surface area contributed by atoms with Crippen LogP contribution in [0.15, 0.2) is 31.1 Å². The summed E-state index contributed by atoms with van der Waals surface area (Å²) in [6.45, 7) is 3.26. The van der Waals surface area contributed by atoms with E-state index in [1.54, 1.807) is 24.9 Å². The Morgan fingerprint density at radius 2 is 1.96 bits per heavy atom. The second-order valence-corrected chi connectivity index (χ2v) is 6.97. The fourth-order valence-corrected chi connectivity index (χ4v) is 4.16. The maximum Gasteiger partial charge on any atom is 0.249 e. The van der Waals surface area contributed by atoms with Crippen molar-refractivity contribution in [3.63, 3.8) is 0 Å². The molecule has 0 bridgehead atoms. The molecule has 25 heavy (non-hydrogen) atoms. The van der Waals surface area contributed by atoms with Gasteiger partial charge in [0.05, 0.1) is 23.9 Å². The molecule has 1 amide bonds. The zero-order valence-electron chi connectivity index (χ0n) is 14.6. The quantitative estimate of drug-likeness (QED) is 0.840. The van der Waals surface area contributed by atoms with Crippen molar-refractivity contribution in [3.05, 3.63) is 42.5 Å². The van der Waals surface area contributed by atoms with Crippen molar-refractivity contribution in [3.8, 4) is 0 Å².